The van der Waals surface area contributed by atoms with Gasteiger partial charge < -0.3 is 15.1 Å². The summed E-state index contributed by atoms with van der Waals surface area (Å²) in [6, 6.07) is 9.87. The Morgan fingerprint density at radius 2 is 1.70 bits per heavy atom. The van der Waals surface area contributed by atoms with Gasteiger partial charge in [-0.3, -0.25) is 15.0 Å². The van der Waals surface area contributed by atoms with Gasteiger partial charge in [-0.2, -0.15) is 0 Å². The van der Waals surface area contributed by atoms with Crippen molar-refractivity contribution in [1.29, 1.82) is 5.41 Å². The van der Waals surface area contributed by atoms with Crippen LogP contribution in [0, 0.1) is 5.41 Å². The van der Waals surface area contributed by atoms with Crippen LogP contribution in [0.4, 0.5) is 5.88 Å². The molecule has 0 aliphatic heterocycles. The number of nitrogens with zero attached hydrogens (tertiary/aromatic N) is 3. The van der Waals surface area contributed by atoms with Crippen LogP contribution in [0.15, 0.2) is 57.3 Å². The van der Waals surface area contributed by atoms with Gasteiger partial charge >= 0.3 is 0 Å². The van der Waals surface area contributed by atoms with E-state index in [1.807, 2.05) is 5.38 Å². The summed E-state index contributed by atoms with van der Waals surface area (Å²) in [5.74, 6) is -0.0743. The number of hydrogen-bond acceptors (Lipinski definition) is 8. The minimum absolute atomic E-state index is 0.0526. The fourth-order valence-corrected chi connectivity index (χ4v) is 4.73. The molecule has 194 valence electrons. The first-order valence-electron chi connectivity index (χ1n) is 12.5. The molecule has 1 amide bonds. The molecule has 3 N–H and O–H groups in total. The number of nitrogens with two attached hydrogens (primary N) is 1. The van der Waals surface area contributed by atoms with Crippen molar-refractivity contribution in [2.24, 2.45) is 5.73 Å². The lowest BCUT2D eigenvalue weighted by molar-refractivity contribution is 0.1000. The Morgan fingerprint density at radius 3 is 2.32 bits per heavy atom. The standard InChI is InChI=1S/C25H25N5O3S.C3H8/c1-3-9-30(10-4-2)21-12-20(31)24-23(33-21)17(13-34-24)18-11-19(29-14-28-18)22(26)15-7-5-6-8-16(15)25(27)32;1-3-2/h5-8,11-14,26H,3-4,9-10H2,1-2H3,(H2,27,32);3H2,1-2H3. The number of fused-ring (bicyclic) bond motifs is 1. The van der Waals surface area contributed by atoms with Crippen LogP contribution in [0.5, 0.6) is 0 Å². The van der Waals surface area contributed by atoms with E-state index in [4.69, 9.17) is 15.6 Å². The van der Waals surface area contributed by atoms with Crippen molar-refractivity contribution in [3.8, 4) is 11.3 Å². The van der Waals surface area contributed by atoms with E-state index in [1.165, 1.54) is 24.1 Å². The molecule has 0 fully saturated rings. The summed E-state index contributed by atoms with van der Waals surface area (Å²) in [6.07, 6.45) is 4.48. The number of carbonyl (C=O) groups excluding carboxylic acids is 1. The van der Waals surface area contributed by atoms with Crippen molar-refractivity contribution in [1.82, 2.24) is 9.97 Å². The average Bonchev–Trinajstić information content (AvgIpc) is 3.33. The first kappa shape index (κ1) is 27.7. The van der Waals surface area contributed by atoms with Gasteiger partial charge in [0.1, 0.15) is 11.0 Å². The highest BCUT2D eigenvalue weighted by Gasteiger charge is 2.19. The van der Waals surface area contributed by atoms with Gasteiger partial charge in [0.15, 0.2) is 11.5 Å². The number of hydrogen-bond donors (Lipinski definition) is 2. The molecule has 0 bridgehead atoms. The molecule has 0 atom stereocenters. The summed E-state index contributed by atoms with van der Waals surface area (Å²) in [5, 5.41) is 10.5. The van der Waals surface area contributed by atoms with Gasteiger partial charge in [0.25, 0.3) is 0 Å². The second-order valence-electron chi connectivity index (χ2n) is 8.52. The molecule has 0 spiro atoms. The quantitative estimate of drug-likeness (QED) is 0.266. The average molecular weight is 520 g/mol. The third-order valence-electron chi connectivity index (χ3n) is 5.39. The molecule has 3 heterocycles. The van der Waals surface area contributed by atoms with E-state index < -0.39 is 5.91 Å². The second-order valence-corrected chi connectivity index (χ2v) is 9.40. The van der Waals surface area contributed by atoms with Crippen LogP contribution in [0.2, 0.25) is 0 Å². The van der Waals surface area contributed by atoms with E-state index in [0.717, 1.165) is 25.9 Å². The minimum Gasteiger partial charge on any atom is -0.439 e. The highest BCUT2D eigenvalue weighted by molar-refractivity contribution is 7.17. The number of thiophene rings is 1. The Hall–Kier alpha value is -3.85. The number of benzene rings is 1. The number of aromatic nitrogens is 2. The maximum atomic E-state index is 12.8. The number of amides is 1. The highest BCUT2D eigenvalue weighted by Crippen LogP contribution is 2.34. The summed E-state index contributed by atoms with van der Waals surface area (Å²) in [7, 11) is 0. The van der Waals surface area contributed by atoms with Crippen LogP contribution in [-0.2, 0) is 0 Å². The molecule has 0 unspecified atom stereocenters. The van der Waals surface area contributed by atoms with E-state index in [-0.39, 0.29) is 16.7 Å². The number of rotatable bonds is 9. The van der Waals surface area contributed by atoms with Crippen LogP contribution in [-0.4, -0.2) is 34.7 Å². The summed E-state index contributed by atoms with van der Waals surface area (Å²) in [4.78, 5) is 35.3. The van der Waals surface area contributed by atoms with E-state index in [2.05, 4.69) is 42.6 Å². The van der Waals surface area contributed by atoms with E-state index >= 15 is 0 Å². The zero-order valence-corrected chi connectivity index (χ0v) is 22.5. The van der Waals surface area contributed by atoms with Crippen LogP contribution in [0.25, 0.3) is 21.5 Å². The van der Waals surface area contributed by atoms with E-state index in [9.17, 15) is 9.59 Å². The van der Waals surface area contributed by atoms with Crippen molar-refractivity contribution < 1.29 is 9.21 Å². The molecule has 4 rings (SSSR count). The predicted molar refractivity (Wildman–Crippen MR) is 151 cm³/mol. The van der Waals surface area contributed by atoms with Gasteiger partial charge in [0.2, 0.25) is 11.3 Å². The third kappa shape index (κ3) is 6.29. The molecule has 0 radical (unpaired) electrons. The lowest BCUT2D eigenvalue weighted by Gasteiger charge is -2.21. The van der Waals surface area contributed by atoms with Crippen LogP contribution < -0.4 is 16.1 Å². The van der Waals surface area contributed by atoms with Crippen molar-refractivity contribution in [3.05, 3.63) is 75.1 Å². The largest absolute Gasteiger partial charge is 0.439 e. The Bertz CT molecular complexity index is 1440. The first-order valence-corrected chi connectivity index (χ1v) is 13.3. The van der Waals surface area contributed by atoms with Crippen molar-refractivity contribution in [2.75, 3.05) is 18.0 Å². The fraction of sp³-hybridized carbons (Fsp3) is 0.321. The van der Waals surface area contributed by atoms with Gasteiger partial charge in [-0.25, -0.2) is 9.97 Å². The second kappa shape index (κ2) is 12.9. The Balaban J connectivity index is 0.00000121. The summed E-state index contributed by atoms with van der Waals surface area (Å²) >= 11 is 1.30. The number of carbonyl (C=O) groups is 1. The fourth-order valence-electron chi connectivity index (χ4n) is 3.83. The molecule has 0 saturated heterocycles. The highest BCUT2D eigenvalue weighted by atomic mass is 32.1. The molecule has 1 aromatic carbocycles. The number of anilines is 1. The monoisotopic (exact) mass is 519 g/mol. The van der Waals surface area contributed by atoms with Gasteiger partial charge in [-0.1, -0.05) is 52.3 Å². The molecule has 0 aliphatic rings. The maximum Gasteiger partial charge on any atom is 0.249 e. The molecular weight excluding hydrogens is 486 g/mol. The maximum absolute atomic E-state index is 12.8. The van der Waals surface area contributed by atoms with Crippen LogP contribution in [0.3, 0.4) is 0 Å². The predicted octanol–water partition coefficient (Wildman–Crippen LogP) is 5.87. The minimum atomic E-state index is -0.614. The van der Waals surface area contributed by atoms with E-state index in [0.29, 0.717) is 38.7 Å². The summed E-state index contributed by atoms with van der Waals surface area (Å²) in [6.45, 7) is 10.00. The number of primary amides is 1. The smallest absolute Gasteiger partial charge is 0.249 e. The van der Waals surface area contributed by atoms with Gasteiger partial charge in [0.05, 0.1) is 22.7 Å². The van der Waals surface area contributed by atoms with Crippen molar-refractivity contribution in [3.63, 3.8) is 0 Å². The summed E-state index contributed by atoms with van der Waals surface area (Å²) < 4.78 is 6.75. The molecular formula is C28H33N5O3S. The van der Waals surface area contributed by atoms with E-state index in [1.54, 1.807) is 36.4 Å². The first-order chi connectivity index (χ1) is 17.9. The molecule has 9 heteroatoms. The number of nitrogens with one attached hydrogen (secondary N) is 1. The molecule has 3 aromatic heterocycles. The lowest BCUT2D eigenvalue weighted by Crippen LogP contribution is -2.25. The SMILES string of the molecule is CCC.CCCN(CCC)c1cc(=O)c2scc(-c3cc(C(=N)c4ccccc4C(N)=O)ncn3)c2o1. The molecule has 4 aromatic rings. The Morgan fingerprint density at radius 1 is 1.05 bits per heavy atom. The zero-order valence-electron chi connectivity index (χ0n) is 21.7. The third-order valence-corrected chi connectivity index (χ3v) is 6.37. The topological polar surface area (TPSA) is 126 Å². The Labute approximate surface area is 220 Å². The zero-order chi connectivity index (χ0) is 26.9. The molecule has 0 saturated carbocycles. The lowest BCUT2D eigenvalue weighted by atomic mass is 9.99. The van der Waals surface area contributed by atoms with Crippen LogP contribution >= 0.6 is 11.3 Å². The van der Waals surface area contributed by atoms with Gasteiger partial charge in [0, 0.05) is 35.7 Å². The molecule has 37 heavy (non-hydrogen) atoms. The molecule has 0 aliphatic carbocycles. The molecule has 8 nitrogen and oxygen atoms in total. The van der Waals surface area contributed by atoms with Gasteiger partial charge in [-0.15, -0.1) is 11.3 Å². The van der Waals surface area contributed by atoms with Gasteiger partial charge in [-0.05, 0) is 25.0 Å². The van der Waals surface area contributed by atoms with Crippen molar-refractivity contribution >= 4 is 39.1 Å². The normalized spacial score (nSPS) is 10.6. The van der Waals surface area contributed by atoms with Crippen molar-refractivity contribution in [2.45, 2.75) is 47.0 Å². The van der Waals surface area contributed by atoms with Crippen LogP contribution in [0.1, 0.15) is 68.6 Å². The summed E-state index contributed by atoms with van der Waals surface area (Å²) in [5.41, 5.74) is 8.06. The Kier molecular flexibility index (Phi) is 9.68.